The van der Waals surface area contributed by atoms with E-state index in [9.17, 15) is 14.7 Å². The van der Waals surface area contributed by atoms with Crippen LogP contribution in [-0.2, 0) is 30.3 Å². The summed E-state index contributed by atoms with van der Waals surface area (Å²) >= 11 is 0. The number of rotatable bonds is 17. The molecule has 2 aliphatic rings. The van der Waals surface area contributed by atoms with Crippen molar-refractivity contribution in [2.75, 3.05) is 127 Å². The monoisotopic (exact) mass is 695 g/mol. The van der Waals surface area contributed by atoms with Gasteiger partial charge in [-0.15, -0.1) is 0 Å². The van der Waals surface area contributed by atoms with Crippen molar-refractivity contribution >= 4 is 46.4 Å². The Morgan fingerprint density at radius 3 is 1.84 bits per heavy atom. The van der Waals surface area contributed by atoms with Gasteiger partial charge in [-0.2, -0.15) is 9.97 Å². The minimum Gasteiger partial charge on any atom is -0.478 e. The van der Waals surface area contributed by atoms with Crippen LogP contribution in [0, 0.1) is 0 Å². The number of carboxylic acids is 1. The van der Waals surface area contributed by atoms with Gasteiger partial charge in [0.1, 0.15) is 11.0 Å². The van der Waals surface area contributed by atoms with E-state index in [0.717, 1.165) is 18.4 Å². The zero-order valence-corrected chi connectivity index (χ0v) is 29.7. The number of amides is 1. The number of carboxylic acid groups (broad SMARTS) is 1. The molecular weight excluding hydrogens is 646 g/mol. The molecular formula is C34H49N9O7. The number of fused-ring (bicyclic) bond motifs is 1. The second-order valence-electron chi connectivity index (χ2n) is 12.4. The van der Waals surface area contributed by atoms with Gasteiger partial charge in [0, 0.05) is 87.8 Å². The Morgan fingerprint density at radius 1 is 0.780 bits per heavy atom. The highest BCUT2D eigenvalue weighted by atomic mass is 16.5. The van der Waals surface area contributed by atoms with E-state index >= 15 is 0 Å². The van der Waals surface area contributed by atoms with Gasteiger partial charge in [0.05, 0.1) is 38.0 Å². The average molecular weight is 696 g/mol. The van der Waals surface area contributed by atoms with E-state index in [1.807, 2.05) is 14.7 Å². The number of anilines is 4. The van der Waals surface area contributed by atoms with Crippen LogP contribution >= 0.6 is 0 Å². The van der Waals surface area contributed by atoms with Gasteiger partial charge in [0.25, 0.3) is 0 Å². The van der Waals surface area contributed by atoms with Gasteiger partial charge >= 0.3 is 5.97 Å². The summed E-state index contributed by atoms with van der Waals surface area (Å²) in [6, 6.07) is 6.76. The van der Waals surface area contributed by atoms with E-state index in [4.69, 9.17) is 38.9 Å². The summed E-state index contributed by atoms with van der Waals surface area (Å²) < 4.78 is 22.0. The number of nitrogens with zero attached hydrogens (tertiary/aromatic N) is 9. The van der Waals surface area contributed by atoms with E-state index in [1.165, 1.54) is 0 Å². The highest BCUT2D eigenvalue weighted by molar-refractivity contribution is 5.96. The lowest BCUT2D eigenvalue weighted by atomic mass is 10.1. The molecule has 2 aliphatic heterocycles. The molecule has 1 N–H and O–H groups in total. The number of likely N-dealkylation sites (N-methyl/N-ethyl adjacent to an activating group) is 1. The fraction of sp³-hybridized carbons (Fsp3) is 0.588. The number of carbonyl (C=O) groups excluding carboxylic acids is 1. The van der Waals surface area contributed by atoms with Crippen molar-refractivity contribution < 1.29 is 33.6 Å². The Morgan fingerprint density at radius 2 is 1.32 bits per heavy atom. The minimum absolute atomic E-state index is 0.0164. The van der Waals surface area contributed by atoms with E-state index < -0.39 is 5.97 Å². The van der Waals surface area contributed by atoms with Gasteiger partial charge < -0.3 is 48.6 Å². The predicted octanol–water partition coefficient (Wildman–Crippen LogP) is 1.76. The zero-order chi connectivity index (χ0) is 35.6. The van der Waals surface area contributed by atoms with Crippen molar-refractivity contribution in [3.8, 4) is 0 Å². The number of hydrogen-bond acceptors (Lipinski definition) is 14. The summed E-state index contributed by atoms with van der Waals surface area (Å²) in [4.78, 5) is 55.1. The quantitative estimate of drug-likeness (QED) is 0.218. The van der Waals surface area contributed by atoms with E-state index in [-0.39, 0.29) is 24.1 Å². The lowest BCUT2D eigenvalue weighted by molar-refractivity contribution is -0.129. The van der Waals surface area contributed by atoms with Crippen molar-refractivity contribution in [1.29, 1.82) is 0 Å². The predicted molar refractivity (Wildman–Crippen MR) is 190 cm³/mol. The molecule has 4 heterocycles. The number of carbonyl (C=O) groups is 2. The Bertz CT molecular complexity index is 1580. The summed E-state index contributed by atoms with van der Waals surface area (Å²) in [5, 5.41) is 9.43. The summed E-state index contributed by atoms with van der Waals surface area (Å²) in [6.45, 7) is 5.94. The number of aromatic nitrogens is 4. The molecule has 272 valence electrons. The molecule has 3 aromatic rings. The number of aromatic carboxylic acids is 1. The Hall–Kier alpha value is -4.38. The van der Waals surface area contributed by atoms with Crippen LogP contribution < -0.4 is 19.6 Å². The van der Waals surface area contributed by atoms with Gasteiger partial charge in [0.2, 0.25) is 17.8 Å². The molecule has 2 saturated heterocycles. The molecule has 0 aliphatic carbocycles. The van der Waals surface area contributed by atoms with Gasteiger partial charge in [-0.05, 0) is 30.5 Å². The van der Waals surface area contributed by atoms with Crippen LogP contribution in [0.4, 0.5) is 23.5 Å². The van der Waals surface area contributed by atoms with Crippen LogP contribution in [0.15, 0.2) is 24.3 Å². The molecule has 0 atom stereocenters. The maximum absolute atomic E-state index is 13.1. The van der Waals surface area contributed by atoms with Crippen molar-refractivity contribution in [3.05, 3.63) is 35.4 Å². The topological polar surface area (TPSA) is 159 Å². The lowest BCUT2D eigenvalue weighted by Crippen LogP contribution is -2.49. The molecule has 0 bridgehead atoms. The first-order valence-corrected chi connectivity index (χ1v) is 16.9. The minimum atomic E-state index is -0.985. The molecule has 16 heteroatoms. The number of hydrogen-bond donors (Lipinski definition) is 1. The van der Waals surface area contributed by atoms with Gasteiger partial charge in [0.15, 0.2) is 11.6 Å². The molecule has 5 rings (SSSR count). The van der Waals surface area contributed by atoms with Crippen molar-refractivity contribution in [2.45, 2.75) is 25.5 Å². The molecule has 1 aromatic carbocycles. The SMILES string of the molecule is COCCN(Cc1ccc(C(=O)O)cc1)c1nc(N2CCN(C)C(=O)C2)c2nc(N(CCOC)CCOC)nc(N3CCC(OC)CC3)c2n1. The third kappa shape index (κ3) is 8.85. The van der Waals surface area contributed by atoms with E-state index in [1.54, 1.807) is 64.7 Å². The molecule has 0 radical (unpaired) electrons. The van der Waals surface area contributed by atoms with E-state index in [0.29, 0.717) is 107 Å². The smallest absolute Gasteiger partial charge is 0.335 e. The van der Waals surface area contributed by atoms with Crippen LogP contribution in [-0.4, -0.2) is 156 Å². The van der Waals surface area contributed by atoms with Gasteiger partial charge in [-0.1, -0.05) is 12.1 Å². The Labute approximate surface area is 292 Å². The molecule has 0 saturated carbocycles. The number of piperidine rings is 1. The fourth-order valence-corrected chi connectivity index (χ4v) is 6.07. The highest BCUT2D eigenvalue weighted by Crippen LogP contribution is 2.35. The first-order chi connectivity index (χ1) is 24.3. The summed E-state index contributed by atoms with van der Waals surface area (Å²) in [5.74, 6) is 1.16. The molecule has 16 nitrogen and oxygen atoms in total. The zero-order valence-electron chi connectivity index (χ0n) is 29.7. The summed E-state index contributed by atoms with van der Waals surface area (Å²) in [7, 11) is 8.51. The average Bonchev–Trinajstić information content (AvgIpc) is 3.14. The second kappa shape index (κ2) is 17.5. The van der Waals surface area contributed by atoms with Crippen LogP contribution in [0.1, 0.15) is 28.8 Å². The molecule has 0 spiro atoms. The van der Waals surface area contributed by atoms with Crippen LogP contribution in [0.5, 0.6) is 0 Å². The number of methoxy groups -OCH3 is 4. The van der Waals surface area contributed by atoms with Crippen molar-refractivity contribution in [2.24, 2.45) is 0 Å². The lowest BCUT2D eigenvalue weighted by Gasteiger charge is -2.35. The maximum atomic E-state index is 13.1. The highest BCUT2D eigenvalue weighted by Gasteiger charge is 2.30. The van der Waals surface area contributed by atoms with Crippen LogP contribution in [0.25, 0.3) is 11.0 Å². The Kier molecular flexibility index (Phi) is 12.9. The number of piperazine rings is 1. The molecule has 2 fully saturated rings. The number of ether oxygens (including phenoxy) is 4. The molecule has 2 aromatic heterocycles. The molecule has 50 heavy (non-hydrogen) atoms. The summed E-state index contributed by atoms with van der Waals surface area (Å²) in [6.07, 6.45) is 1.82. The van der Waals surface area contributed by atoms with Crippen molar-refractivity contribution in [3.63, 3.8) is 0 Å². The maximum Gasteiger partial charge on any atom is 0.335 e. The molecule has 0 unspecified atom stereocenters. The second-order valence-corrected chi connectivity index (χ2v) is 12.4. The van der Waals surface area contributed by atoms with Gasteiger partial charge in [-0.3, -0.25) is 4.79 Å². The van der Waals surface area contributed by atoms with Crippen LogP contribution in [0.3, 0.4) is 0 Å². The van der Waals surface area contributed by atoms with Gasteiger partial charge in [-0.25, -0.2) is 14.8 Å². The Balaban J connectivity index is 1.69. The first-order valence-electron chi connectivity index (χ1n) is 16.9. The van der Waals surface area contributed by atoms with Crippen LogP contribution in [0.2, 0.25) is 0 Å². The standard InChI is InChI=1S/C34H49N9O7/c1-39-14-15-42(23-27(39)44)31-29-28(36-34(38-31)43(18-21-49-4)22-24-6-8-25(9-7-24)32(45)46)30(40-12-10-26(50-5)11-13-40)37-33(35-29)41(16-19-47-2)17-20-48-3/h6-9,26H,10-23H2,1-5H3,(H,45,46). The van der Waals surface area contributed by atoms with E-state index in [2.05, 4.69) is 4.90 Å². The van der Waals surface area contributed by atoms with Crippen molar-refractivity contribution in [1.82, 2.24) is 24.8 Å². The fourth-order valence-electron chi connectivity index (χ4n) is 6.07. The first kappa shape index (κ1) is 36.9. The molecule has 1 amide bonds. The normalized spacial score (nSPS) is 15.6. The summed E-state index contributed by atoms with van der Waals surface area (Å²) in [5.41, 5.74) is 2.22. The third-order valence-corrected chi connectivity index (χ3v) is 9.15. The number of benzene rings is 1. The largest absolute Gasteiger partial charge is 0.478 e. The third-order valence-electron chi connectivity index (χ3n) is 9.15.